The lowest BCUT2D eigenvalue weighted by Crippen LogP contribution is -2.27. The van der Waals surface area contributed by atoms with Crippen molar-refractivity contribution in [3.05, 3.63) is 90.0 Å². The zero-order chi connectivity index (χ0) is 24.0. The molecule has 7 heteroatoms. The highest BCUT2D eigenvalue weighted by atomic mass is 16.5. The van der Waals surface area contributed by atoms with Crippen LogP contribution in [0, 0.1) is 0 Å². The van der Waals surface area contributed by atoms with Crippen molar-refractivity contribution in [3.63, 3.8) is 0 Å². The molecule has 7 nitrogen and oxygen atoms in total. The molecule has 3 N–H and O–H groups in total. The zero-order valence-corrected chi connectivity index (χ0v) is 19.4. The van der Waals surface area contributed by atoms with E-state index in [4.69, 9.17) is 9.47 Å². The van der Waals surface area contributed by atoms with Crippen LogP contribution >= 0.6 is 0 Å². The Hall–Kier alpha value is -3.84. The molecule has 0 saturated carbocycles. The highest BCUT2D eigenvalue weighted by Crippen LogP contribution is 2.16. The molecule has 0 fully saturated rings. The molecule has 0 atom stereocenters. The van der Waals surface area contributed by atoms with Crippen LogP contribution in [0.3, 0.4) is 0 Å². The predicted molar refractivity (Wildman–Crippen MR) is 134 cm³/mol. The zero-order valence-electron chi connectivity index (χ0n) is 19.4. The van der Waals surface area contributed by atoms with Crippen LogP contribution < -0.4 is 20.7 Å². The van der Waals surface area contributed by atoms with E-state index in [0.29, 0.717) is 36.7 Å². The van der Waals surface area contributed by atoms with Gasteiger partial charge in [0.05, 0.1) is 19.8 Å². The third-order valence-corrected chi connectivity index (χ3v) is 5.03. The fraction of sp³-hybridized carbons (Fsp3) is 0.259. The van der Waals surface area contributed by atoms with E-state index in [1.165, 1.54) is 5.56 Å². The smallest absolute Gasteiger partial charge is 0.251 e. The third-order valence-electron chi connectivity index (χ3n) is 5.03. The molecular formula is C27H31N3O4. The predicted octanol–water partition coefficient (Wildman–Crippen LogP) is 4.13. The number of rotatable bonds is 13. The van der Waals surface area contributed by atoms with Gasteiger partial charge in [-0.1, -0.05) is 36.4 Å². The molecule has 3 aromatic rings. The molecule has 34 heavy (non-hydrogen) atoms. The molecule has 0 aliphatic heterocycles. The standard InChI is InChI=1S/C27H31N3O4/c1-33-18-16-28-27(32)22-10-5-11-24(19-22)29-20-26(31)30-23-12-14-25(15-13-23)34-17-6-9-21-7-3-2-4-8-21/h2-5,7-8,10-15,19,29H,6,9,16-18,20H2,1H3,(H,28,32)(H,30,31). The van der Waals surface area contributed by atoms with Crippen LogP contribution in [-0.2, 0) is 16.0 Å². The van der Waals surface area contributed by atoms with Gasteiger partial charge >= 0.3 is 0 Å². The summed E-state index contributed by atoms with van der Waals surface area (Å²) < 4.78 is 10.7. The Labute approximate surface area is 200 Å². The number of methoxy groups -OCH3 is 1. The Balaban J connectivity index is 1.38. The maximum Gasteiger partial charge on any atom is 0.251 e. The number of hydrogen-bond donors (Lipinski definition) is 3. The molecule has 0 aliphatic rings. The monoisotopic (exact) mass is 461 g/mol. The summed E-state index contributed by atoms with van der Waals surface area (Å²) in [6.45, 7) is 1.60. The van der Waals surface area contributed by atoms with Gasteiger partial charge in [0.25, 0.3) is 5.91 Å². The fourth-order valence-electron chi connectivity index (χ4n) is 3.27. The number of anilines is 2. The van der Waals surface area contributed by atoms with E-state index in [1.807, 2.05) is 48.5 Å². The minimum Gasteiger partial charge on any atom is -0.494 e. The Morgan fingerprint density at radius 1 is 0.853 bits per heavy atom. The van der Waals surface area contributed by atoms with Gasteiger partial charge in [-0.05, 0) is 60.9 Å². The summed E-state index contributed by atoms with van der Waals surface area (Å²) in [5.74, 6) is 0.392. The van der Waals surface area contributed by atoms with E-state index < -0.39 is 0 Å². The fourth-order valence-corrected chi connectivity index (χ4v) is 3.27. The second kappa shape index (κ2) is 13.6. The topological polar surface area (TPSA) is 88.7 Å². The van der Waals surface area contributed by atoms with Crippen LogP contribution in [0.2, 0.25) is 0 Å². The summed E-state index contributed by atoms with van der Waals surface area (Å²) in [5.41, 5.74) is 3.19. The Morgan fingerprint density at radius 3 is 2.41 bits per heavy atom. The van der Waals surface area contributed by atoms with Crippen molar-refractivity contribution in [1.29, 1.82) is 0 Å². The molecule has 0 radical (unpaired) electrons. The first-order valence-electron chi connectivity index (χ1n) is 11.3. The number of ether oxygens (including phenoxy) is 2. The molecular weight excluding hydrogens is 430 g/mol. The number of carbonyl (C=O) groups is 2. The van der Waals surface area contributed by atoms with Crippen LogP contribution in [0.1, 0.15) is 22.3 Å². The van der Waals surface area contributed by atoms with Crippen molar-refractivity contribution >= 4 is 23.2 Å². The first-order chi connectivity index (χ1) is 16.6. The summed E-state index contributed by atoms with van der Waals surface area (Å²) in [6.07, 6.45) is 1.91. The summed E-state index contributed by atoms with van der Waals surface area (Å²) in [4.78, 5) is 24.5. The van der Waals surface area contributed by atoms with Crippen molar-refractivity contribution in [2.45, 2.75) is 12.8 Å². The molecule has 0 saturated heterocycles. The lowest BCUT2D eigenvalue weighted by molar-refractivity contribution is -0.114. The first kappa shape index (κ1) is 24.8. The Kier molecular flexibility index (Phi) is 9.95. The third kappa shape index (κ3) is 8.60. The molecule has 3 aromatic carbocycles. The molecule has 0 aromatic heterocycles. The number of amides is 2. The van der Waals surface area contributed by atoms with Crippen LogP contribution in [0.15, 0.2) is 78.9 Å². The maximum absolute atomic E-state index is 12.3. The number of aryl methyl sites for hydroxylation is 1. The van der Waals surface area contributed by atoms with Crippen LogP contribution in [-0.4, -0.2) is 45.2 Å². The minimum absolute atomic E-state index is 0.0759. The number of nitrogens with one attached hydrogen (secondary N) is 3. The second-order valence-electron chi connectivity index (χ2n) is 7.69. The van der Waals surface area contributed by atoms with E-state index in [9.17, 15) is 9.59 Å². The average molecular weight is 462 g/mol. The maximum atomic E-state index is 12.3. The molecule has 0 spiro atoms. The van der Waals surface area contributed by atoms with Crippen LogP contribution in [0.25, 0.3) is 0 Å². The Morgan fingerprint density at radius 2 is 1.65 bits per heavy atom. The molecule has 0 unspecified atom stereocenters. The van der Waals surface area contributed by atoms with Gasteiger partial charge in [0.15, 0.2) is 0 Å². The van der Waals surface area contributed by atoms with Crippen molar-refractivity contribution in [3.8, 4) is 5.75 Å². The van der Waals surface area contributed by atoms with Gasteiger partial charge in [0, 0.05) is 30.6 Å². The highest BCUT2D eigenvalue weighted by Gasteiger charge is 2.07. The average Bonchev–Trinajstić information content (AvgIpc) is 2.87. The van der Waals surface area contributed by atoms with E-state index in [-0.39, 0.29) is 18.4 Å². The largest absolute Gasteiger partial charge is 0.494 e. The summed E-state index contributed by atoms with van der Waals surface area (Å²) in [7, 11) is 1.58. The summed E-state index contributed by atoms with van der Waals surface area (Å²) >= 11 is 0. The second-order valence-corrected chi connectivity index (χ2v) is 7.69. The summed E-state index contributed by atoms with van der Waals surface area (Å²) in [6, 6.07) is 24.7. The van der Waals surface area contributed by atoms with Crippen molar-refractivity contribution < 1.29 is 19.1 Å². The Bertz CT molecular complexity index is 1040. The van der Waals surface area contributed by atoms with E-state index in [0.717, 1.165) is 18.6 Å². The number of hydrogen-bond acceptors (Lipinski definition) is 5. The van der Waals surface area contributed by atoms with Crippen molar-refractivity contribution in [1.82, 2.24) is 5.32 Å². The molecule has 0 aliphatic carbocycles. The van der Waals surface area contributed by atoms with Gasteiger partial charge in [0.2, 0.25) is 5.91 Å². The number of benzene rings is 3. The van der Waals surface area contributed by atoms with Crippen LogP contribution in [0.5, 0.6) is 5.75 Å². The van der Waals surface area contributed by atoms with Crippen molar-refractivity contribution in [2.75, 3.05) is 44.0 Å². The molecule has 0 heterocycles. The van der Waals surface area contributed by atoms with Gasteiger partial charge < -0.3 is 25.4 Å². The quantitative estimate of drug-likeness (QED) is 0.333. The SMILES string of the molecule is COCCNC(=O)c1cccc(NCC(=O)Nc2ccc(OCCCc3ccccc3)cc2)c1. The molecule has 0 bridgehead atoms. The molecule has 178 valence electrons. The van der Waals surface area contributed by atoms with E-state index >= 15 is 0 Å². The van der Waals surface area contributed by atoms with Gasteiger partial charge in [0.1, 0.15) is 5.75 Å². The van der Waals surface area contributed by atoms with Crippen molar-refractivity contribution in [2.24, 2.45) is 0 Å². The molecule has 2 amide bonds. The van der Waals surface area contributed by atoms with Gasteiger partial charge in [-0.15, -0.1) is 0 Å². The number of carbonyl (C=O) groups excluding carboxylic acids is 2. The van der Waals surface area contributed by atoms with Gasteiger partial charge in [-0.25, -0.2) is 0 Å². The van der Waals surface area contributed by atoms with Gasteiger partial charge in [-0.2, -0.15) is 0 Å². The van der Waals surface area contributed by atoms with E-state index in [2.05, 4.69) is 28.1 Å². The minimum atomic E-state index is -0.188. The van der Waals surface area contributed by atoms with Crippen LogP contribution in [0.4, 0.5) is 11.4 Å². The lowest BCUT2D eigenvalue weighted by atomic mass is 10.1. The summed E-state index contributed by atoms with van der Waals surface area (Å²) in [5, 5.41) is 8.67. The highest BCUT2D eigenvalue weighted by molar-refractivity contribution is 5.96. The van der Waals surface area contributed by atoms with Gasteiger partial charge in [-0.3, -0.25) is 9.59 Å². The van der Waals surface area contributed by atoms with E-state index in [1.54, 1.807) is 25.3 Å². The normalized spacial score (nSPS) is 10.4. The lowest BCUT2D eigenvalue weighted by Gasteiger charge is -2.10. The molecule has 3 rings (SSSR count). The first-order valence-corrected chi connectivity index (χ1v) is 11.3.